The molecule has 0 fully saturated rings. The van der Waals surface area contributed by atoms with E-state index in [1.807, 2.05) is 35.2 Å². The van der Waals surface area contributed by atoms with Crippen molar-refractivity contribution in [3.05, 3.63) is 69.2 Å². The van der Waals surface area contributed by atoms with Gasteiger partial charge < -0.3 is 4.90 Å². The van der Waals surface area contributed by atoms with Gasteiger partial charge in [0.2, 0.25) is 0 Å². The molecule has 1 heterocycles. The number of rotatable bonds is 2. The second kappa shape index (κ2) is 5.06. The first-order chi connectivity index (χ1) is 9.58. The quantitative estimate of drug-likeness (QED) is 0.795. The Morgan fingerprint density at radius 1 is 1.20 bits per heavy atom. The first-order valence-electron chi connectivity index (χ1n) is 6.73. The van der Waals surface area contributed by atoms with E-state index >= 15 is 0 Å². The van der Waals surface area contributed by atoms with Gasteiger partial charge in [0, 0.05) is 16.6 Å². The lowest BCUT2D eigenvalue weighted by Gasteiger charge is -2.26. The van der Waals surface area contributed by atoms with E-state index in [9.17, 15) is 4.79 Å². The molecule has 3 rings (SSSR count). The average molecular weight is 330 g/mol. The molecule has 1 amide bonds. The first-order valence-corrected chi connectivity index (χ1v) is 7.52. The summed E-state index contributed by atoms with van der Waals surface area (Å²) in [6.45, 7) is 4.88. The van der Waals surface area contributed by atoms with Gasteiger partial charge in [0.15, 0.2) is 0 Å². The topological polar surface area (TPSA) is 20.3 Å². The van der Waals surface area contributed by atoms with Gasteiger partial charge in [0.1, 0.15) is 0 Å². The monoisotopic (exact) mass is 329 g/mol. The van der Waals surface area contributed by atoms with Crippen molar-refractivity contribution in [3.8, 4) is 0 Å². The fraction of sp³-hybridized carbons (Fsp3) is 0.235. The molecule has 0 radical (unpaired) electrons. The van der Waals surface area contributed by atoms with Crippen LogP contribution >= 0.6 is 15.9 Å². The Morgan fingerprint density at radius 2 is 1.95 bits per heavy atom. The van der Waals surface area contributed by atoms with Crippen molar-refractivity contribution < 1.29 is 4.79 Å². The molecule has 2 aromatic rings. The van der Waals surface area contributed by atoms with Crippen LogP contribution in [0.25, 0.3) is 0 Å². The molecule has 0 aliphatic carbocycles. The molecule has 0 spiro atoms. The SMILES string of the molecule is Cc1cc(Br)ccc1C(C)N1Cc2ccccc2C1=O. The van der Waals surface area contributed by atoms with Crippen LogP contribution in [0.3, 0.4) is 0 Å². The zero-order valence-electron chi connectivity index (χ0n) is 11.6. The van der Waals surface area contributed by atoms with Gasteiger partial charge in [0.05, 0.1) is 6.04 Å². The van der Waals surface area contributed by atoms with Crippen LogP contribution in [-0.2, 0) is 6.54 Å². The highest BCUT2D eigenvalue weighted by Crippen LogP contribution is 2.32. The molecule has 0 saturated heterocycles. The Balaban J connectivity index is 1.93. The van der Waals surface area contributed by atoms with Crippen LogP contribution in [0.15, 0.2) is 46.9 Å². The number of nitrogens with zero attached hydrogens (tertiary/aromatic N) is 1. The van der Waals surface area contributed by atoms with E-state index < -0.39 is 0 Å². The summed E-state index contributed by atoms with van der Waals surface area (Å²) in [6, 6.07) is 14.2. The highest BCUT2D eigenvalue weighted by Gasteiger charge is 2.31. The molecule has 0 saturated carbocycles. The van der Waals surface area contributed by atoms with Gasteiger partial charge in [-0.05, 0) is 48.7 Å². The van der Waals surface area contributed by atoms with Gasteiger partial charge in [0.25, 0.3) is 5.91 Å². The number of hydrogen-bond donors (Lipinski definition) is 0. The maximum absolute atomic E-state index is 12.5. The summed E-state index contributed by atoms with van der Waals surface area (Å²) in [5, 5.41) is 0. The van der Waals surface area contributed by atoms with E-state index in [4.69, 9.17) is 0 Å². The fourth-order valence-electron chi connectivity index (χ4n) is 2.87. The first kappa shape index (κ1) is 13.4. The third-order valence-corrected chi connectivity index (χ3v) is 4.49. The Bertz CT molecular complexity index is 680. The van der Waals surface area contributed by atoms with Gasteiger partial charge in [-0.25, -0.2) is 0 Å². The zero-order chi connectivity index (χ0) is 14.3. The minimum atomic E-state index is 0.0861. The highest BCUT2D eigenvalue weighted by molar-refractivity contribution is 9.10. The summed E-state index contributed by atoms with van der Waals surface area (Å²) in [5.41, 5.74) is 4.37. The van der Waals surface area contributed by atoms with E-state index in [2.05, 4.69) is 41.9 Å². The van der Waals surface area contributed by atoms with Crippen molar-refractivity contribution in [2.75, 3.05) is 0 Å². The lowest BCUT2D eigenvalue weighted by Crippen LogP contribution is -2.27. The van der Waals surface area contributed by atoms with Gasteiger partial charge >= 0.3 is 0 Å². The summed E-state index contributed by atoms with van der Waals surface area (Å²) in [6.07, 6.45) is 0. The number of halogens is 1. The largest absolute Gasteiger partial charge is 0.328 e. The minimum Gasteiger partial charge on any atom is -0.328 e. The number of benzene rings is 2. The average Bonchev–Trinajstić information content (AvgIpc) is 2.76. The molecule has 1 aliphatic heterocycles. The molecule has 20 heavy (non-hydrogen) atoms. The van der Waals surface area contributed by atoms with Gasteiger partial charge in [-0.15, -0.1) is 0 Å². The van der Waals surface area contributed by atoms with Crippen LogP contribution in [0.4, 0.5) is 0 Å². The summed E-state index contributed by atoms with van der Waals surface area (Å²) in [7, 11) is 0. The summed E-state index contributed by atoms with van der Waals surface area (Å²) < 4.78 is 1.07. The standard InChI is InChI=1S/C17H16BrNO/c1-11-9-14(18)7-8-15(11)12(2)19-10-13-5-3-4-6-16(13)17(19)20/h3-9,12H,10H2,1-2H3. The summed E-state index contributed by atoms with van der Waals surface area (Å²) >= 11 is 3.48. The maximum Gasteiger partial charge on any atom is 0.255 e. The normalized spacial score (nSPS) is 15.3. The zero-order valence-corrected chi connectivity index (χ0v) is 13.1. The maximum atomic E-state index is 12.5. The Labute approximate surface area is 127 Å². The molecule has 0 N–H and O–H groups in total. The number of carbonyl (C=O) groups excluding carboxylic acids is 1. The van der Waals surface area contributed by atoms with Crippen molar-refractivity contribution in [1.82, 2.24) is 4.90 Å². The molecule has 0 aromatic heterocycles. The third kappa shape index (κ3) is 2.16. The Morgan fingerprint density at radius 3 is 2.65 bits per heavy atom. The second-order valence-corrected chi connectivity index (χ2v) is 6.18. The lowest BCUT2D eigenvalue weighted by molar-refractivity contribution is 0.0715. The molecule has 102 valence electrons. The van der Waals surface area contributed by atoms with Crippen molar-refractivity contribution in [3.63, 3.8) is 0 Å². The smallest absolute Gasteiger partial charge is 0.255 e. The van der Waals surface area contributed by atoms with Crippen molar-refractivity contribution >= 4 is 21.8 Å². The van der Waals surface area contributed by atoms with Gasteiger partial charge in [-0.3, -0.25) is 4.79 Å². The molecule has 0 bridgehead atoms. The van der Waals surface area contributed by atoms with Gasteiger partial charge in [-0.1, -0.05) is 40.2 Å². The van der Waals surface area contributed by atoms with Crippen LogP contribution in [0, 0.1) is 6.92 Å². The van der Waals surface area contributed by atoms with Crippen LogP contribution in [-0.4, -0.2) is 10.8 Å². The number of amides is 1. The van der Waals surface area contributed by atoms with Crippen LogP contribution in [0.5, 0.6) is 0 Å². The molecule has 3 heteroatoms. The minimum absolute atomic E-state index is 0.0861. The van der Waals surface area contributed by atoms with Crippen LogP contribution < -0.4 is 0 Å². The Kier molecular flexibility index (Phi) is 3.38. The van der Waals surface area contributed by atoms with Crippen molar-refractivity contribution in [2.45, 2.75) is 26.4 Å². The van der Waals surface area contributed by atoms with Crippen molar-refractivity contribution in [2.24, 2.45) is 0 Å². The molecule has 2 nitrogen and oxygen atoms in total. The Hall–Kier alpha value is -1.61. The third-order valence-electron chi connectivity index (χ3n) is 4.00. The predicted octanol–water partition coefficient (Wildman–Crippen LogP) is 4.47. The van der Waals surface area contributed by atoms with E-state index in [-0.39, 0.29) is 11.9 Å². The number of fused-ring (bicyclic) bond motifs is 1. The molecule has 1 unspecified atom stereocenters. The molecule has 1 atom stereocenters. The predicted molar refractivity (Wildman–Crippen MR) is 83.6 cm³/mol. The summed E-state index contributed by atoms with van der Waals surface area (Å²) in [5.74, 6) is 0.135. The molecule has 2 aromatic carbocycles. The van der Waals surface area contributed by atoms with E-state index in [0.717, 1.165) is 15.6 Å². The van der Waals surface area contributed by atoms with E-state index in [0.29, 0.717) is 6.54 Å². The van der Waals surface area contributed by atoms with Crippen LogP contribution in [0.2, 0.25) is 0 Å². The molecular formula is C17H16BrNO. The number of aryl methyl sites for hydroxylation is 1. The fourth-order valence-corrected chi connectivity index (χ4v) is 3.34. The lowest BCUT2D eigenvalue weighted by atomic mass is 10.0. The number of carbonyl (C=O) groups is 1. The summed E-state index contributed by atoms with van der Waals surface area (Å²) in [4.78, 5) is 14.5. The molecular weight excluding hydrogens is 314 g/mol. The highest BCUT2D eigenvalue weighted by atomic mass is 79.9. The molecule has 1 aliphatic rings. The number of hydrogen-bond acceptors (Lipinski definition) is 1. The van der Waals surface area contributed by atoms with E-state index in [1.165, 1.54) is 11.1 Å². The second-order valence-electron chi connectivity index (χ2n) is 5.27. The van der Waals surface area contributed by atoms with Gasteiger partial charge in [-0.2, -0.15) is 0 Å². The van der Waals surface area contributed by atoms with Crippen molar-refractivity contribution in [1.29, 1.82) is 0 Å². The van der Waals surface area contributed by atoms with E-state index in [1.54, 1.807) is 0 Å². The van der Waals surface area contributed by atoms with Crippen LogP contribution in [0.1, 0.15) is 40.0 Å².